The van der Waals surface area contributed by atoms with E-state index >= 15 is 0 Å². The number of hydrogen-bond acceptors (Lipinski definition) is 2. The molecule has 6 heteroatoms. The fourth-order valence-electron chi connectivity index (χ4n) is 3.55. The van der Waals surface area contributed by atoms with Gasteiger partial charge in [-0.25, -0.2) is 0 Å². The lowest BCUT2D eigenvalue weighted by Crippen LogP contribution is -2.51. The molecule has 1 aromatic rings. The Morgan fingerprint density at radius 3 is 2.25 bits per heavy atom. The minimum absolute atomic E-state index is 0. The second-order valence-corrected chi connectivity index (χ2v) is 7.09. The average molecular weight is 394 g/mol. The van der Waals surface area contributed by atoms with Crippen LogP contribution in [0.25, 0.3) is 0 Å². The van der Waals surface area contributed by atoms with Gasteiger partial charge in [0.15, 0.2) is 0 Å². The quantitative estimate of drug-likeness (QED) is 0.787. The molecule has 0 aliphatic carbocycles. The number of nitrogens with zero attached hydrogens (tertiary/aromatic N) is 1. The molecule has 1 amide bonds. The summed E-state index contributed by atoms with van der Waals surface area (Å²) in [4.78, 5) is 15.3. The van der Waals surface area contributed by atoms with E-state index in [0.717, 1.165) is 44.3 Å². The summed E-state index contributed by atoms with van der Waals surface area (Å²) >= 11 is 12.2. The van der Waals surface area contributed by atoms with Crippen molar-refractivity contribution in [2.24, 2.45) is 0 Å². The standard InChI is InChI=1S/C18H26Cl2N2O.ClH/c1-4-18(5-2,13-6-7-15(19)16(20)12-13)17(23)22-10-8-14(21-3)9-11-22;/h6-7,12,14,21H,4-5,8-11H2,1-3H3;1H. The van der Waals surface area contributed by atoms with E-state index in [0.29, 0.717) is 16.1 Å². The maximum absolute atomic E-state index is 13.3. The first-order valence-corrected chi connectivity index (χ1v) is 9.16. The van der Waals surface area contributed by atoms with Gasteiger partial charge in [0.2, 0.25) is 5.91 Å². The third-order valence-corrected chi connectivity index (χ3v) is 6.02. The predicted octanol–water partition coefficient (Wildman–Crippen LogP) is 4.68. The van der Waals surface area contributed by atoms with E-state index in [1.165, 1.54) is 0 Å². The molecule has 1 heterocycles. The van der Waals surface area contributed by atoms with Crippen molar-refractivity contribution in [3.8, 4) is 0 Å². The molecule has 0 spiro atoms. The summed E-state index contributed by atoms with van der Waals surface area (Å²) in [6.45, 7) is 5.77. The molecule has 0 bridgehead atoms. The van der Waals surface area contributed by atoms with Crippen LogP contribution in [0.15, 0.2) is 18.2 Å². The number of piperidine rings is 1. The molecule has 136 valence electrons. The van der Waals surface area contributed by atoms with Crippen LogP contribution in [-0.4, -0.2) is 37.0 Å². The van der Waals surface area contributed by atoms with Crippen LogP contribution in [0.2, 0.25) is 10.0 Å². The minimum atomic E-state index is -0.513. The number of likely N-dealkylation sites (tertiary alicyclic amines) is 1. The average Bonchev–Trinajstić information content (AvgIpc) is 2.59. The molecule has 0 saturated carbocycles. The number of benzene rings is 1. The summed E-state index contributed by atoms with van der Waals surface area (Å²) in [6, 6.07) is 6.11. The van der Waals surface area contributed by atoms with Crippen molar-refractivity contribution in [1.29, 1.82) is 0 Å². The van der Waals surface area contributed by atoms with E-state index < -0.39 is 5.41 Å². The third kappa shape index (κ3) is 4.19. The molecule has 1 aliphatic rings. The number of hydrogen-bond donors (Lipinski definition) is 1. The fourth-order valence-corrected chi connectivity index (χ4v) is 3.85. The van der Waals surface area contributed by atoms with Gasteiger partial charge in [0.25, 0.3) is 0 Å². The van der Waals surface area contributed by atoms with Gasteiger partial charge in [-0.1, -0.05) is 43.1 Å². The topological polar surface area (TPSA) is 32.3 Å². The van der Waals surface area contributed by atoms with Crippen molar-refractivity contribution in [3.63, 3.8) is 0 Å². The first-order valence-electron chi connectivity index (χ1n) is 8.40. The number of carbonyl (C=O) groups excluding carboxylic acids is 1. The van der Waals surface area contributed by atoms with E-state index in [1.54, 1.807) is 6.07 Å². The number of carbonyl (C=O) groups is 1. The van der Waals surface area contributed by atoms with Crippen molar-refractivity contribution >= 4 is 41.5 Å². The van der Waals surface area contributed by atoms with Crippen LogP contribution in [-0.2, 0) is 10.2 Å². The largest absolute Gasteiger partial charge is 0.342 e. The Morgan fingerprint density at radius 2 is 1.79 bits per heavy atom. The van der Waals surface area contributed by atoms with Crippen LogP contribution in [0.5, 0.6) is 0 Å². The summed E-state index contributed by atoms with van der Waals surface area (Å²) < 4.78 is 0. The van der Waals surface area contributed by atoms with Gasteiger partial charge in [-0.05, 0) is 50.4 Å². The van der Waals surface area contributed by atoms with Gasteiger partial charge in [0, 0.05) is 19.1 Å². The Balaban J connectivity index is 0.00000288. The van der Waals surface area contributed by atoms with Gasteiger partial charge in [-0.2, -0.15) is 0 Å². The zero-order valence-electron chi connectivity index (χ0n) is 14.6. The smallest absolute Gasteiger partial charge is 0.233 e. The molecular weight excluding hydrogens is 367 g/mol. The second kappa shape index (κ2) is 9.28. The number of nitrogens with one attached hydrogen (secondary N) is 1. The Hall–Kier alpha value is -0.480. The molecule has 1 saturated heterocycles. The van der Waals surface area contributed by atoms with Crippen LogP contribution in [0, 0.1) is 0 Å². The van der Waals surface area contributed by atoms with Crippen molar-refractivity contribution in [2.75, 3.05) is 20.1 Å². The lowest BCUT2D eigenvalue weighted by Gasteiger charge is -2.40. The van der Waals surface area contributed by atoms with Gasteiger partial charge in [0.05, 0.1) is 15.5 Å². The van der Waals surface area contributed by atoms with Crippen LogP contribution < -0.4 is 5.32 Å². The molecule has 3 nitrogen and oxygen atoms in total. The molecule has 0 aromatic heterocycles. The zero-order chi connectivity index (χ0) is 17.0. The predicted molar refractivity (Wildman–Crippen MR) is 105 cm³/mol. The molecule has 1 N–H and O–H groups in total. The van der Waals surface area contributed by atoms with Crippen LogP contribution in [0.3, 0.4) is 0 Å². The third-order valence-electron chi connectivity index (χ3n) is 5.28. The van der Waals surface area contributed by atoms with Crippen LogP contribution in [0.4, 0.5) is 0 Å². The Labute approximate surface area is 161 Å². The molecular formula is C18H27Cl3N2O. The molecule has 1 aromatic carbocycles. The van der Waals surface area contributed by atoms with Gasteiger partial charge >= 0.3 is 0 Å². The van der Waals surface area contributed by atoms with Gasteiger partial charge in [-0.15, -0.1) is 12.4 Å². The summed E-state index contributed by atoms with van der Waals surface area (Å²) in [5.74, 6) is 0.218. The van der Waals surface area contributed by atoms with E-state index in [4.69, 9.17) is 23.2 Å². The SMILES string of the molecule is CCC(CC)(C(=O)N1CCC(NC)CC1)c1ccc(Cl)c(Cl)c1.Cl. The van der Waals surface area contributed by atoms with Gasteiger partial charge < -0.3 is 10.2 Å². The lowest BCUT2D eigenvalue weighted by molar-refractivity contribution is -0.139. The molecule has 2 rings (SSSR count). The second-order valence-electron chi connectivity index (χ2n) is 6.27. The van der Waals surface area contributed by atoms with Gasteiger partial charge in [-0.3, -0.25) is 4.79 Å². The minimum Gasteiger partial charge on any atom is -0.342 e. The fraction of sp³-hybridized carbons (Fsp3) is 0.611. The Kier molecular flexibility index (Phi) is 8.34. The molecule has 1 fully saturated rings. The monoisotopic (exact) mass is 392 g/mol. The van der Waals surface area contributed by atoms with E-state index in [1.807, 2.05) is 24.1 Å². The molecule has 0 unspecified atom stereocenters. The zero-order valence-corrected chi connectivity index (χ0v) is 16.9. The molecule has 0 atom stereocenters. The summed E-state index contributed by atoms with van der Waals surface area (Å²) in [5.41, 5.74) is 0.457. The highest BCUT2D eigenvalue weighted by Gasteiger charge is 2.40. The number of rotatable bonds is 5. The van der Waals surface area contributed by atoms with Crippen molar-refractivity contribution in [1.82, 2.24) is 10.2 Å². The Morgan fingerprint density at radius 1 is 1.21 bits per heavy atom. The van der Waals surface area contributed by atoms with Crippen molar-refractivity contribution < 1.29 is 4.79 Å². The maximum atomic E-state index is 13.3. The van der Waals surface area contributed by atoms with E-state index in [9.17, 15) is 4.79 Å². The normalized spacial score (nSPS) is 16.0. The first-order chi connectivity index (χ1) is 11.0. The highest BCUT2D eigenvalue weighted by atomic mass is 35.5. The summed E-state index contributed by atoms with van der Waals surface area (Å²) in [6.07, 6.45) is 3.53. The number of amides is 1. The van der Waals surface area contributed by atoms with Crippen LogP contribution >= 0.6 is 35.6 Å². The number of halogens is 3. The van der Waals surface area contributed by atoms with Crippen molar-refractivity contribution in [3.05, 3.63) is 33.8 Å². The lowest BCUT2D eigenvalue weighted by atomic mass is 9.74. The molecule has 24 heavy (non-hydrogen) atoms. The van der Waals surface area contributed by atoms with E-state index in [-0.39, 0.29) is 18.3 Å². The summed E-state index contributed by atoms with van der Waals surface area (Å²) in [5, 5.41) is 4.34. The Bertz CT molecular complexity index is 553. The van der Waals surface area contributed by atoms with Crippen LogP contribution in [0.1, 0.15) is 45.1 Å². The highest BCUT2D eigenvalue weighted by Crippen LogP contribution is 2.37. The van der Waals surface area contributed by atoms with Gasteiger partial charge in [0.1, 0.15) is 0 Å². The first kappa shape index (κ1) is 21.6. The molecule has 0 radical (unpaired) electrons. The summed E-state index contributed by atoms with van der Waals surface area (Å²) in [7, 11) is 1.99. The highest BCUT2D eigenvalue weighted by molar-refractivity contribution is 6.42. The molecule has 1 aliphatic heterocycles. The van der Waals surface area contributed by atoms with Crippen molar-refractivity contribution in [2.45, 2.75) is 51.0 Å². The van der Waals surface area contributed by atoms with E-state index in [2.05, 4.69) is 19.2 Å². The maximum Gasteiger partial charge on any atom is 0.233 e.